The Bertz CT molecular complexity index is 376. The SMILES string of the molecule is Cc1cc(CN2CCC(C(C)C)CC2)oc1CN. The van der Waals surface area contributed by atoms with Crippen molar-refractivity contribution in [2.45, 2.75) is 46.7 Å². The van der Waals surface area contributed by atoms with Crippen LogP contribution in [0.15, 0.2) is 10.5 Å². The second kappa shape index (κ2) is 5.89. The topological polar surface area (TPSA) is 42.4 Å². The van der Waals surface area contributed by atoms with Crippen LogP contribution in [0.5, 0.6) is 0 Å². The number of rotatable bonds is 4. The fourth-order valence-electron chi connectivity index (χ4n) is 2.87. The number of nitrogens with two attached hydrogens (primary N) is 1. The van der Waals surface area contributed by atoms with Crippen LogP contribution in [0, 0.1) is 18.8 Å². The van der Waals surface area contributed by atoms with E-state index in [1.807, 2.05) is 0 Å². The summed E-state index contributed by atoms with van der Waals surface area (Å²) in [4.78, 5) is 2.50. The van der Waals surface area contributed by atoms with Gasteiger partial charge in [0, 0.05) is 0 Å². The van der Waals surface area contributed by atoms with Gasteiger partial charge in [-0.2, -0.15) is 0 Å². The van der Waals surface area contributed by atoms with Crippen molar-refractivity contribution >= 4 is 0 Å². The zero-order chi connectivity index (χ0) is 13.1. The molecular weight excluding hydrogens is 224 g/mol. The summed E-state index contributed by atoms with van der Waals surface area (Å²) in [6, 6.07) is 2.14. The number of aryl methyl sites for hydroxylation is 1. The molecule has 2 rings (SSSR count). The molecule has 0 bridgehead atoms. The summed E-state index contributed by atoms with van der Waals surface area (Å²) in [7, 11) is 0. The number of hydrogen-bond donors (Lipinski definition) is 1. The molecule has 2 heterocycles. The quantitative estimate of drug-likeness (QED) is 0.893. The summed E-state index contributed by atoms with van der Waals surface area (Å²) < 4.78 is 5.77. The van der Waals surface area contributed by atoms with Gasteiger partial charge in [0.25, 0.3) is 0 Å². The highest BCUT2D eigenvalue weighted by Crippen LogP contribution is 2.26. The second-order valence-corrected chi connectivity index (χ2v) is 5.88. The van der Waals surface area contributed by atoms with Crippen LogP contribution in [0.25, 0.3) is 0 Å². The third kappa shape index (κ3) is 3.15. The van der Waals surface area contributed by atoms with Crippen LogP contribution in [0.1, 0.15) is 43.8 Å². The molecule has 1 fully saturated rings. The van der Waals surface area contributed by atoms with Crippen LogP contribution < -0.4 is 5.73 Å². The maximum Gasteiger partial charge on any atom is 0.120 e. The number of piperidine rings is 1. The molecule has 3 nitrogen and oxygen atoms in total. The van der Waals surface area contributed by atoms with E-state index in [0.29, 0.717) is 6.54 Å². The molecule has 0 unspecified atom stereocenters. The highest BCUT2D eigenvalue weighted by Gasteiger charge is 2.22. The first kappa shape index (κ1) is 13.6. The lowest BCUT2D eigenvalue weighted by Gasteiger charge is -2.33. The van der Waals surface area contributed by atoms with Crippen LogP contribution in [0.2, 0.25) is 0 Å². The van der Waals surface area contributed by atoms with Crippen molar-refractivity contribution < 1.29 is 4.42 Å². The molecule has 0 aliphatic carbocycles. The summed E-state index contributed by atoms with van der Waals surface area (Å²) in [6.07, 6.45) is 2.64. The number of likely N-dealkylation sites (tertiary alicyclic amines) is 1. The maximum atomic E-state index is 5.77. The molecule has 3 heteroatoms. The molecule has 0 amide bonds. The van der Waals surface area contributed by atoms with E-state index in [1.54, 1.807) is 0 Å². The predicted octanol–water partition coefficient (Wildman–Crippen LogP) is 2.91. The molecule has 0 radical (unpaired) electrons. The Hall–Kier alpha value is -0.800. The van der Waals surface area contributed by atoms with E-state index in [9.17, 15) is 0 Å². The lowest BCUT2D eigenvalue weighted by molar-refractivity contribution is 0.143. The molecule has 1 aromatic heterocycles. The van der Waals surface area contributed by atoms with Crippen LogP contribution in [-0.2, 0) is 13.1 Å². The van der Waals surface area contributed by atoms with Crippen molar-refractivity contribution in [2.75, 3.05) is 13.1 Å². The maximum absolute atomic E-state index is 5.77. The van der Waals surface area contributed by atoms with Gasteiger partial charge in [0.2, 0.25) is 0 Å². The van der Waals surface area contributed by atoms with Crippen molar-refractivity contribution in [3.05, 3.63) is 23.2 Å². The minimum absolute atomic E-state index is 0.501. The fraction of sp³-hybridized carbons (Fsp3) is 0.733. The van der Waals surface area contributed by atoms with Gasteiger partial charge in [-0.15, -0.1) is 0 Å². The average Bonchev–Trinajstić information content (AvgIpc) is 2.70. The molecule has 1 saturated heterocycles. The Morgan fingerprint density at radius 1 is 1.39 bits per heavy atom. The first-order chi connectivity index (χ1) is 8.60. The first-order valence-corrected chi connectivity index (χ1v) is 7.10. The van der Waals surface area contributed by atoms with E-state index in [2.05, 4.69) is 31.7 Å². The molecule has 18 heavy (non-hydrogen) atoms. The van der Waals surface area contributed by atoms with Gasteiger partial charge in [-0.05, 0) is 56.3 Å². The van der Waals surface area contributed by atoms with Gasteiger partial charge < -0.3 is 10.2 Å². The fourth-order valence-corrected chi connectivity index (χ4v) is 2.87. The Kier molecular flexibility index (Phi) is 4.46. The molecule has 1 aromatic rings. The van der Waals surface area contributed by atoms with E-state index in [1.165, 1.54) is 31.5 Å². The Balaban J connectivity index is 1.87. The summed E-state index contributed by atoms with van der Waals surface area (Å²) in [5, 5.41) is 0. The third-order valence-corrected chi connectivity index (χ3v) is 4.21. The zero-order valence-corrected chi connectivity index (χ0v) is 11.9. The van der Waals surface area contributed by atoms with Gasteiger partial charge in [-0.3, -0.25) is 4.90 Å². The van der Waals surface area contributed by atoms with Crippen LogP contribution in [0.4, 0.5) is 0 Å². The van der Waals surface area contributed by atoms with E-state index in [-0.39, 0.29) is 0 Å². The van der Waals surface area contributed by atoms with E-state index in [0.717, 1.165) is 29.9 Å². The molecule has 0 spiro atoms. The number of furan rings is 1. The smallest absolute Gasteiger partial charge is 0.120 e. The van der Waals surface area contributed by atoms with Gasteiger partial charge in [-0.25, -0.2) is 0 Å². The van der Waals surface area contributed by atoms with Gasteiger partial charge in [-0.1, -0.05) is 13.8 Å². The van der Waals surface area contributed by atoms with E-state index < -0.39 is 0 Å². The summed E-state index contributed by atoms with van der Waals surface area (Å²) in [5.41, 5.74) is 6.83. The lowest BCUT2D eigenvalue weighted by Crippen LogP contribution is -2.34. The minimum Gasteiger partial charge on any atom is -0.463 e. The van der Waals surface area contributed by atoms with Crippen molar-refractivity contribution in [2.24, 2.45) is 17.6 Å². The molecular formula is C15H26N2O. The minimum atomic E-state index is 0.501. The Labute approximate surface area is 110 Å². The van der Waals surface area contributed by atoms with Gasteiger partial charge >= 0.3 is 0 Å². The van der Waals surface area contributed by atoms with Crippen molar-refractivity contribution in [3.63, 3.8) is 0 Å². The highest BCUT2D eigenvalue weighted by molar-refractivity contribution is 5.19. The third-order valence-electron chi connectivity index (χ3n) is 4.21. The van der Waals surface area contributed by atoms with Gasteiger partial charge in [0.1, 0.15) is 11.5 Å². The van der Waals surface area contributed by atoms with Crippen molar-refractivity contribution in [3.8, 4) is 0 Å². The molecule has 0 atom stereocenters. The number of nitrogens with zero attached hydrogens (tertiary/aromatic N) is 1. The standard InChI is InChI=1S/C15H26N2O/c1-11(2)13-4-6-17(7-5-13)10-14-8-12(3)15(9-16)18-14/h8,11,13H,4-7,9-10,16H2,1-3H3. The van der Waals surface area contributed by atoms with Gasteiger partial charge in [0.05, 0.1) is 13.1 Å². The van der Waals surface area contributed by atoms with Crippen LogP contribution in [-0.4, -0.2) is 18.0 Å². The monoisotopic (exact) mass is 250 g/mol. The average molecular weight is 250 g/mol. The molecule has 1 aliphatic heterocycles. The zero-order valence-electron chi connectivity index (χ0n) is 11.9. The molecule has 102 valence electrons. The predicted molar refractivity (Wildman–Crippen MR) is 74.2 cm³/mol. The molecule has 0 aromatic carbocycles. The van der Waals surface area contributed by atoms with Crippen molar-refractivity contribution in [1.82, 2.24) is 4.90 Å². The molecule has 1 aliphatic rings. The Morgan fingerprint density at radius 2 is 2.06 bits per heavy atom. The summed E-state index contributed by atoms with van der Waals surface area (Å²) in [6.45, 7) is 10.6. The molecule has 0 saturated carbocycles. The van der Waals surface area contributed by atoms with Crippen LogP contribution in [0.3, 0.4) is 0 Å². The van der Waals surface area contributed by atoms with Gasteiger partial charge in [0.15, 0.2) is 0 Å². The first-order valence-electron chi connectivity index (χ1n) is 7.10. The normalized spacial score (nSPS) is 18.7. The Morgan fingerprint density at radius 3 is 2.56 bits per heavy atom. The lowest BCUT2D eigenvalue weighted by atomic mass is 9.87. The van der Waals surface area contributed by atoms with E-state index in [4.69, 9.17) is 10.2 Å². The summed E-state index contributed by atoms with van der Waals surface area (Å²) >= 11 is 0. The second-order valence-electron chi connectivity index (χ2n) is 5.88. The van der Waals surface area contributed by atoms with Crippen LogP contribution >= 0.6 is 0 Å². The molecule has 2 N–H and O–H groups in total. The summed E-state index contributed by atoms with van der Waals surface area (Å²) in [5.74, 6) is 3.72. The highest BCUT2D eigenvalue weighted by atomic mass is 16.3. The number of hydrogen-bond acceptors (Lipinski definition) is 3. The van der Waals surface area contributed by atoms with Crippen molar-refractivity contribution in [1.29, 1.82) is 0 Å². The van der Waals surface area contributed by atoms with E-state index >= 15 is 0 Å². The largest absolute Gasteiger partial charge is 0.463 e.